The lowest BCUT2D eigenvalue weighted by Crippen LogP contribution is -2.52. The van der Waals surface area contributed by atoms with Crippen molar-refractivity contribution in [3.05, 3.63) is 35.5 Å². The second-order valence-electron chi connectivity index (χ2n) is 6.11. The van der Waals surface area contributed by atoms with Gasteiger partial charge >= 0.3 is 0 Å². The first-order valence-electron chi connectivity index (χ1n) is 6.53. The second kappa shape index (κ2) is 4.56. The summed E-state index contributed by atoms with van der Waals surface area (Å²) in [6.45, 7) is 6.50. The molecule has 0 spiro atoms. The van der Waals surface area contributed by atoms with Crippen LogP contribution in [0.3, 0.4) is 0 Å². The number of hydrogen-bond donors (Lipinski definition) is 0. The molecule has 1 heterocycles. The van der Waals surface area contributed by atoms with Crippen LogP contribution >= 0.6 is 0 Å². The molecule has 0 N–H and O–H groups in total. The fraction of sp³-hybridized carbons (Fsp3) is 0.571. The van der Waals surface area contributed by atoms with Crippen LogP contribution in [0.4, 0.5) is 0 Å². The van der Waals surface area contributed by atoms with Crippen molar-refractivity contribution in [1.82, 2.24) is 0 Å². The van der Waals surface area contributed by atoms with Crippen molar-refractivity contribution in [2.75, 3.05) is 20.1 Å². The van der Waals surface area contributed by atoms with E-state index in [1.807, 2.05) is 7.05 Å². The number of nitrogens with zero attached hydrogens (tertiary/aromatic N) is 1. The Hall–Kier alpha value is -0.643. The van der Waals surface area contributed by atoms with Gasteiger partial charge in [0.15, 0.2) is 0 Å². The number of likely N-dealkylation sites (tertiary alicyclic amines) is 1. The maximum atomic E-state index is 11.9. The summed E-state index contributed by atoms with van der Waals surface area (Å²) < 4.78 is -0.0320. The fourth-order valence-electron chi connectivity index (χ4n) is 2.94. The Morgan fingerprint density at radius 2 is 1.65 bits per heavy atom. The first-order valence-corrected chi connectivity index (χ1v) is 9.61. The van der Waals surface area contributed by atoms with E-state index >= 15 is 0 Å². The minimum atomic E-state index is -1.39. The molecule has 0 unspecified atom stereocenters. The molecule has 0 aliphatic carbocycles. The summed E-state index contributed by atoms with van der Waals surface area (Å²) in [4.78, 5) is 0. The number of rotatable bonds is 2. The summed E-state index contributed by atoms with van der Waals surface area (Å²) in [6.07, 6.45) is 2.21. The summed E-state index contributed by atoms with van der Waals surface area (Å²) in [5.74, 6) is 0. The van der Waals surface area contributed by atoms with Crippen LogP contribution < -0.4 is 5.19 Å². The molecule has 0 atom stereocenters. The number of quaternary nitrogens is 1. The molecule has 0 aromatic heterocycles. The molecule has 94 valence electrons. The molecule has 1 aromatic rings. The molecular formula is C14H23NOSi. The SMILES string of the molecule is C[N+]1([O-])CCC([Si](C)(C)c2ccccc2)CC1. The van der Waals surface area contributed by atoms with Crippen LogP contribution in [0.2, 0.25) is 18.6 Å². The van der Waals surface area contributed by atoms with Crippen molar-refractivity contribution in [3.8, 4) is 0 Å². The predicted octanol–water partition coefficient (Wildman–Crippen LogP) is 2.71. The highest BCUT2D eigenvalue weighted by Crippen LogP contribution is 2.34. The maximum Gasteiger partial charge on any atom is 0.0841 e. The Morgan fingerprint density at radius 1 is 1.12 bits per heavy atom. The van der Waals surface area contributed by atoms with Crippen LogP contribution in [0, 0.1) is 5.21 Å². The lowest BCUT2D eigenvalue weighted by molar-refractivity contribution is -0.865. The molecule has 0 saturated carbocycles. The normalized spacial score (nSPS) is 30.2. The molecule has 0 amide bonds. The van der Waals surface area contributed by atoms with Crippen molar-refractivity contribution in [2.45, 2.75) is 31.5 Å². The molecule has 17 heavy (non-hydrogen) atoms. The molecule has 1 aliphatic heterocycles. The van der Waals surface area contributed by atoms with Gasteiger partial charge in [-0.05, 0) is 18.4 Å². The fourth-order valence-corrected chi connectivity index (χ4v) is 6.16. The van der Waals surface area contributed by atoms with Crippen molar-refractivity contribution in [2.24, 2.45) is 0 Å². The summed E-state index contributed by atoms with van der Waals surface area (Å²) in [6, 6.07) is 10.9. The van der Waals surface area contributed by atoms with E-state index in [4.69, 9.17) is 0 Å². The monoisotopic (exact) mass is 249 g/mol. The van der Waals surface area contributed by atoms with E-state index in [1.165, 1.54) is 5.19 Å². The standard InChI is InChI=1S/C14H23NOSi/c1-15(16)11-9-14(10-12-15)17(2,3)13-7-5-4-6-8-13/h4-8,14H,9-12H2,1-3H3. The lowest BCUT2D eigenvalue weighted by atomic mass is 10.1. The Morgan fingerprint density at radius 3 is 2.18 bits per heavy atom. The van der Waals surface area contributed by atoms with Crippen molar-refractivity contribution in [3.63, 3.8) is 0 Å². The van der Waals surface area contributed by atoms with Gasteiger partial charge in [-0.2, -0.15) is 0 Å². The molecule has 0 bridgehead atoms. The Bertz CT molecular complexity index is 365. The van der Waals surface area contributed by atoms with E-state index in [2.05, 4.69) is 43.4 Å². The molecule has 1 aliphatic rings. The first kappa shape index (κ1) is 12.8. The van der Waals surface area contributed by atoms with E-state index in [-0.39, 0.29) is 4.65 Å². The lowest BCUT2D eigenvalue weighted by Gasteiger charge is -2.47. The summed E-state index contributed by atoms with van der Waals surface area (Å²) in [5, 5.41) is 13.4. The average Bonchev–Trinajstić information content (AvgIpc) is 2.29. The third-order valence-electron chi connectivity index (χ3n) is 4.44. The van der Waals surface area contributed by atoms with Crippen molar-refractivity contribution >= 4 is 13.3 Å². The van der Waals surface area contributed by atoms with Crippen LogP contribution in [0.5, 0.6) is 0 Å². The molecule has 0 radical (unpaired) electrons. The van der Waals surface area contributed by atoms with Crippen LogP contribution in [-0.2, 0) is 0 Å². The average molecular weight is 249 g/mol. The first-order chi connectivity index (χ1) is 7.92. The summed E-state index contributed by atoms with van der Waals surface area (Å²) in [5.41, 5.74) is 0.769. The van der Waals surface area contributed by atoms with Gasteiger partial charge in [-0.15, -0.1) is 0 Å². The highest BCUT2D eigenvalue weighted by molar-refractivity contribution is 6.91. The zero-order valence-corrected chi connectivity index (χ0v) is 12.1. The van der Waals surface area contributed by atoms with E-state index in [9.17, 15) is 5.21 Å². The van der Waals surface area contributed by atoms with Gasteiger partial charge in [-0.1, -0.05) is 48.6 Å². The molecule has 2 nitrogen and oxygen atoms in total. The van der Waals surface area contributed by atoms with Gasteiger partial charge < -0.3 is 9.85 Å². The van der Waals surface area contributed by atoms with Crippen LogP contribution in [0.25, 0.3) is 0 Å². The molecule has 1 saturated heterocycles. The molecular weight excluding hydrogens is 226 g/mol. The minimum absolute atomic E-state index is 0.0320. The molecule has 1 aromatic carbocycles. The van der Waals surface area contributed by atoms with Crippen LogP contribution in [0.1, 0.15) is 12.8 Å². The molecule has 3 heteroatoms. The van der Waals surface area contributed by atoms with E-state index in [1.54, 1.807) is 0 Å². The third-order valence-corrected chi connectivity index (χ3v) is 8.88. The van der Waals surface area contributed by atoms with Gasteiger partial charge in [0.05, 0.1) is 28.2 Å². The zero-order chi connectivity index (χ0) is 12.5. The number of benzene rings is 1. The highest BCUT2D eigenvalue weighted by Gasteiger charge is 2.37. The molecule has 1 fully saturated rings. The number of piperidine rings is 1. The third kappa shape index (κ3) is 2.79. The van der Waals surface area contributed by atoms with Crippen LogP contribution in [-0.4, -0.2) is 32.9 Å². The minimum Gasteiger partial charge on any atom is -0.633 e. The van der Waals surface area contributed by atoms with Gasteiger partial charge in [-0.3, -0.25) is 0 Å². The smallest absolute Gasteiger partial charge is 0.0841 e. The highest BCUT2D eigenvalue weighted by atomic mass is 28.3. The van der Waals surface area contributed by atoms with Gasteiger partial charge in [0, 0.05) is 0 Å². The van der Waals surface area contributed by atoms with E-state index in [0.717, 1.165) is 31.5 Å². The van der Waals surface area contributed by atoms with Gasteiger partial charge in [0.1, 0.15) is 0 Å². The predicted molar refractivity (Wildman–Crippen MR) is 75.8 cm³/mol. The van der Waals surface area contributed by atoms with Crippen LogP contribution in [0.15, 0.2) is 30.3 Å². The number of hydroxylamine groups is 3. The quantitative estimate of drug-likeness (QED) is 0.449. The van der Waals surface area contributed by atoms with Crippen molar-refractivity contribution < 1.29 is 4.65 Å². The number of hydrogen-bond acceptors (Lipinski definition) is 1. The second-order valence-corrected chi connectivity index (χ2v) is 10.9. The largest absolute Gasteiger partial charge is 0.633 e. The van der Waals surface area contributed by atoms with Crippen molar-refractivity contribution in [1.29, 1.82) is 0 Å². The molecule has 2 rings (SSSR count). The summed E-state index contributed by atoms with van der Waals surface area (Å²) in [7, 11) is 0.423. The Kier molecular flexibility index (Phi) is 3.43. The topological polar surface area (TPSA) is 23.1 Å². The summed E-state index contributed by atoms with van der Waals surface area (Å²) >= 11 is 0. The Labute approximate surface area is 105 Å². The van der Waals surface area contributed by atoms with Gasteiger partial charge in [0.2, 0.25) is 0 Å². The zero-order valence-electron chi connectivity index (χ0n) is 11.1. The van der Waals surface area contributed by atoms with Gasteiger partial charge in [0.25, 0.3) is 0 Å². The van der Waals surface area contributed by atoms with E-state index in [0.29, 0.717) is 0 Å². The van der Waals surface area contributed by atoms with E-state index < -0.39 is 8.07 Å². The van der Waals surface area contributed by atoms with Gasteiger partial charge in [-0.25, -0.2) is 0 Å². The maximum absolute atomic E-state index is 11.9. The Balaban J connectivity index is 2.12.